The van der Waals surface area contributed by atoms with E-state index in [4.69, 9.17) is 8.84 Å². The largest absolute Gasteiger partial charge is 0.544 e. The van der Waals surface area contributed by atoms with Crippen LogP contribution in [-0.4, -0.2) is 14.5 Å². The smallest absolute Gasteiger partial charge is 0.242 e. The molecule has 0 fully saturated rings. The fourth-order valence-corrected chi connectivity index (χ4v) is 2.52. The molecule has 0 amide bonds. The first-order chi connectivity index (χ1) is 9.04. The number of aliphatic imine (C=N–C) groups is 1. The van der Waals surface area contributed by atoms with Crippen molar-refractivity contribution in [2.45, 2.75) is 26.2 Å². The first kappa shape index (κ1) is 13.6. The number of hydrogen-bond acceptors (Lipinski definition) is 3. The predicted molar refractivity (Wildman–Crippen MR) is 80.4 cm³/mol. The van der Waals surface area contributed by atoms with Crippen molar-refractivity contribution >= 4 is 14.5 Å². The Kier molecular flexibility index (Phi) is 4.22. The number of rotatable bonds is 5. The Morgan fingerprint density at radius 2 is 1.95 bits per heavy atom. The van der Waals surface area contributed by atoms with Gasteiger partial charge >= 0.3 is 0 Å². The van der Waals surface area contributed by atoms with E-state index in [0.717, 1.165) is 17.1 Å². The predicted octanol–water partition coefficient (Wildman–Crippen LogP) is 4.11. The van der Waals surface area contributed by atoms with Gasteiger partial charge in [0.25, 0.3) is 0 Å². The Hall–Kier alpha value is -1.81. The molecule has 100 valence electrons. The molecule has 0 aliphatic rings. The van der Waals surface area contributed by atoms with Gasteiger partial charge in [0.15, 0.2) is 0 Å². The van der Waals surface area contributed by atoms with Crippen molar-refractivity contribution in [3.05, 3.63) is 54.0 Å². The molecular weight excluding hydrogens is 254 g/mol. The van der Waals surface area contributed by atoms with E-state index in [-0.39, 0.29) is 0 Å². The molecule has 1 aromatic heterocycles. The van der Waals surface area contributed by atoms with E-state index in [1.54, 1.807) is 12.5 Å². The third-order valence-electron chi connectivity index (χ3n) is 2.41. The molecule has 1 aromatic carbocycles. The molecule has 19 heavy (non-hydrogen) atoms. The van der Waals surface area contributed by atoms with E-state index in [2.05, 4.69) is 30.7 Å². The van der Waals surface area contributed by atoms with Crippen molar-refractivity contribution < 1.29 is 8.84 Å². The van der Waals surface area contributed by atoms with Crippen molar-refractivity contribution in [2.24, 2.45) is 4.99 Å². The van der Waals surface area contributed by atoms with Gasteiger partial charge in [0.05, 0.1) is 19.0 Å². The monoisotopic (exact) mass is 273 g/mol. The molecule has 1 heterocycles. The number of benzene rings is 1. The minimum absolute atomic E-state index is 0.599. The van der Waals surface area contributed by atoms with Crippen molar-refractivity contribution in [2.75, 3.05) is 0 Å². The summed E-state index contributed by atoms with van der Waals surface area (Å²) in [5.41, 5.74) is 1.10. The topological polar surface area (TPSA) is 34.7 Å². The zero-order chi connectivity index (χ0) is 13.7. The lowest BCUT2D eigenvalue weighted by Crippen LogP contribution is -2.29. The van der Waals surface area contributed by atoms with Crippen molar-refractivity contribution in [3.63, 3.8) is 0 Å². The Bertz CT molecular complexity index is 542. The summed E-state index contributed by atoms with van der Waals surface area (Å²) < 4.78 is 11.3. The van der Waals surface area contributed by atoms with Crippen LogP contribution in [0.15, 0.2) is 52.1 Å². The summed E-state index contributed by atoms with van der Waals surface area (Å²) >= 11 is 0. The summed E-state index contributed by atoms with van der Waals surface area (Å²) in [4.78, 5) is 4.39. The van der Waals surface area contributed by atoms with Crippen LogP contribution in [0.1, 0.15) is 11.3 Å². The maximum atomic E-state index is 6.06. The van der Waals surface area contributed by atoms with Crippen molar-refractivity contribution in [1.29, 1.82) is 0 Å². The summed E-state index contributed by atoms with van der Waals surface area (Å²) in [6.45, 7) is 7.13. The van der Waals surface area contributed by atoms with Gasteiger partial charge in [-0.15, -0.1) is 0 Å². The minimum atomic E-state index is -1.59. The Morgan fingerprint density at radius 3 is 2.63 bits per heavy atom. The van der Waals surface area contributed by atoms with Crippen LogP contribution in [0.3, 0.4) is 0 Å². The minimum Gasteiger partial charge on any atom is -0.544 e. The number of furan rings is 1. The first-order valence-corrected chi connectivity index (χ1v) is 9.76. The third kappa shape index (κ3) is 4.41. The lowest BCUT2D eigenvalue weighted by atomic mass is 10.2. The van der Waals surface area contributed by atoms with Gasteiger partial charge in [0, 0.05) is 5.56 Å². The standard InChI is InChI=1S/C15H19NO2Si/c1-19(2,3)18-15-9-5-4-7-13(15)11-16-12-14-8-6-10-17-14/h4-10,12H,11H2,1-3H3. The van der Waals surface area contributed by atoms with Crippen molar-refractivity contribution in [3.8, 4) is 5.75 Å². The van der Waals surface area contributed by atoms with E-state index >= 15 is 0 Å². The molecular formula is C15H19NO2Si. The highest BCUT2D eigenvalue weighted by Gasteiger charge is 2.17. The lowest BCUT2D eigenvalue weighted by molar-refractivity contribution is 0.549. The number of hydrogen-bond donors (Lipinski definition) is 0. The van der Waals surface area contributed by atoms with Gasteiger partial charge in [-0.2, -0.15) is 0 Å². The molecule has 2 rings (SSSR count). The van der Waals surface area contributed by atoms with E-state index in [1.165, 1.54) is 0 Å². The van der Waals surface area contributed by atoms with Crippen LogP contribution < -0.4 is 4.43 Å². The Balaban J connectivity index is 2.08. The average Bonchev–Trinajstić information content (AvgIpc) is 2.82. The van der Waals surface area contributed by atoms with E-state index < -0.39 is 8.32 Å². The highest BCUT2D eigenvalue weighted by molar-refractivity contribution is 6.70. The van der Waals surface area contributed by atoms with Crippen LogP contribution in [0.2, 0.25) is 19.6 Å². The van der Waals surface area contributed by atoms with Crippen LogP contribution in [0, 0.1) is 0 Å². The molecule has 0 radical (unpaired) electrons. The molecule has 4 heteroatoms. The van der Waals surface area contributed by atoms with Crippen LogP contribution in [0.25, 0.3) is 0 Å². The molecule has 3 nitrogen and oxygen atoms in total. The van der Waals surface area contributed by atoms with Gasteiger partial charge in [0.1, 0.15) is 11.5 Å². The lowest BCUT2D eigenvalue weighted by Gasteiger charge is -2.21. The summed E-state index contributed by atoms with van der Waals surface area (Å²) in [7, 11) is -1.59. The van der Waals surface area contributed by atoms with Gasteiger partial charge in [0.2, 0.25) is 8.32 Å². The summed E-state index contributed by atoms with van der Waals surface area (Å²) in [5, 5.41) is 0. The molecule has 0 saturated carbocycles. The van der Waals surface area contributed by atoms with E-state index in [9.17, 15) is 0 Å². The summed E-state index contributed by atoms with van der Waals surface area (Å²) in [6.07, 6.45) is 3.38. The molecule has 0 aliphatic carbocycles. The molecule has 0 unspecified atom stereocenters. The van der Waals surface area contributed by atoms with Gasteiger partial charge in [-0.25, -0.2) is 0 Å². The van der Waals surface area contributed by atoms with Crippen molar-refractivity contribution in [1.82, 2.24) is 0 Å². The Morgan fingerprint density at radius 1 is 1.16 bits per heavy atom. The third-order valence-corrected chi connectivity index (χ3v) is 3.24. The van der Waals surface area contributed by atoms with Crippen LogP contribution in [0.5, 0.6) is 5.75 Å². The second kappa shape index (κ2) is 5.89. The highest BCUT2D eigenvalue weighted by atomic mass is 28.4. The maximum Gasteiger partial charge on any atom is 0.242 e. The van der Waals surface area contributed by atoms with Crippen LogP contribution in [0.4, 0.5) is 0 Å². The normalized spacial score (nSPS) is 11.9. The molecule has 2 aromatic rings. The molecule has 0 aliphatic heterocycles. The molecule has 0 bridgehead atoms. The zero-order valence-electron chi connectivity index (χ0n) is 11.6. The molecule has 0 N–H and O–H groups in total. The second-order valence-electron chi connectivity index (χ2n) is 5.31. The highest BCUT2D eigenvalue weighted by Crippen LogP contribution is 2.22. The maximum absolute atomic E-state index is 6.06. The van der Waals surface area contributed by atoms with E-state index in [1.807, 2.05) is 30.3 Å². The molecule has 0 saturated heterocycles. The fourth-order valence-electron chi connectivity index (χ4n) is 1.66. The SMILES string of the molecule is C[Si](C)(C)Oc1ccccc1CN=Cc1ccco1. The van der Waals surface area contributed by atoms with Crippen LogP contribution in [-0.2, 0) is 6.54 Å². The Labute approximate surface area is 115 Å². The van der Waals surface area contributed by atoms with Gasteiger partial charge in [-0.05, 0) is 37.8 Å². The average molecular weight is 273 g/mol. The summed E-state index contributed by atoms with van der Waals surface area (Å²) in [6, 6.07) is 11.8. The quantitative estimate of drug-likeness (QED) is 0.607. The fraction of sp³-hybridized carbons (Fsp3) is 0.267. The molecule has 0 atom stereocenters. The first-order valence-electron chi connectivity index (χ1n) is 6.35. The van der Waals surface area contributed by atoms with Gasteiger partial charge in [-0.3, -0.25) is 4.99 Å². The van der Waals surface area contributed by atoms with E-state index in [0.29, 0.717) is 6.54 Å². The number of nitrogens with zero attached hydrogens (tertiary/aromatic N) is 1. The second-order valence-corrected chi connectivity index (χ2v) is 9.74. The number of para-hydroxylation sites is 1. The molecule has 0 spiro atoms. The van der Waals surface area contributed by atoms with Crippen LogP contribution >= 0.6 is 0 Å². The zero-order valence-corrected chi connectivity index (χ0v) is 12.6. The van der Waals surface area contributed by atoms with Gasteiger partial charge in [-0.1, -0.05) is 18.2 Å². The van der Waals surface area contributed by atoms with Gasteiger partial charge < -0.3 is 8.84 Å². The summed E-state index contributed by atoms with van der Waals surface area (Å²) in [5.74, 6) is 1.71.